The monoisotopic (exact) mass is 364 g/mol. The lowest BCUT2D eigenvalue weighted by Gasteiger charge is -2.27. The highest BCUT2D eigenvalue weighted by Gasteiger charge is 2.26. The summed E-state index contributed by atoms with van der Waals surface area (Å²) >= 11 is 0. The van der Waals surface area contributed by atoms with Crippen LogP contribution in [0.3, 0.4) is 0 Å². The van der Waals surface area contributed by atoms with E-state index in [4.69, 9.17) is 18.9 Å². The number of hydrogen-bond donors (Lipinski definition) is 0. The van der Waals surface area contributed by atoms with Crippen LogP contribution in [0.25, 0.3) is 0 Å². The van der Waals surface area contributed by atoms with Crippen LogP contribution >= 0.6 is 0 Å². The molecule has 1 aromatic carbocycles. The molecule has 1 atom stereocenters. The summed E-state index contributed by atoms with van der Waals surface area (Å²) in [5, 5.41) is 0. The first-order valence-electron chi connectivity index (χ1n) is 8.70. The van der Waals surface area contributed by atoms with E-state index in [1.165, 1.54) is 4.90 Å². The van der Waals surface area contributed by atoms with Crippen molar-refractivity contribution >= 4 is 11.9 Å². The summed E-state index contributed by atoms with van der Waals surface area (Å²) in [6, 6.07) is 4.35. The van der Waals surface area contributed by atoms with Crippen LogP contribution < -0.4 is 9.47 Å². The molecule has 2 heterocycles. The van der Waals surface area contributed by atoms with Gasteiger partial charge in [0.25, 0.3) is 0 Å². The minimum atomic E-state index is -0.652. The second kappa shape index (κ2) is 8.37. The van der Waals surface area contributed by atoms with Gasteiger partial charge in [-0.25, -0.2) is 4.79 Å². The predicted molar refractivity (Wildman–Crippen MR) is 92.5 cm³/mol. The van der Waals surface area contributed by atoms with E-state index in [2.05, 4.69) is 4.90 Å². The van der Waals surface area contributed by atoms with Gasteiger partial charge in [-0.15, -0.1) is 0 Å². The van der Waals surface area contributed by atoms with Crippen molar-refractivity contribution in [3.63, 3.8) is 0 Å². The average Bonchev–Trinajstić information content (AvgIpc) is 3.14. The van der Waals surface area contributed by atoms with E-state index in [-0.39, 0.29) is 19.2 Å². The number of rotatable bonds is 6. The number of Topliss-reactive ketones (excluding diaryl/α,β-unsaturated/α-hetero) is 1. The summed E-state index contributed by atoms with van der Waals surface area (Å²) in [5.74, 6) is 0.966. The Morgan fingerprint density at radius 3 is 2.88 bits per heavy atom. The topological polar surface area (TPSA) is 77.5 Å². The molecule has 0 N–H and O–H groups in total. The van der Waals surface area contributed by atoms with Gasteiger partial charge in [0.05, 0.1) is 12.8 Å². The molecule has 1 fully saturated rings. The van der Waals surface area contributed by atoms with Crippen molar-refractivity contribution in [2.75, 3.05) is 46.9 Å². The van der Waals surface area contributed by atoms with Crippen LogP contribution in [0.4, 0.5) is 4.79 Å². The lowest BCUT2D eigenvalue weighted by Crippen LogP contribution is -2.42. The van der Waals surface area contributed by atoms with Crippen molar-refractivity contribution in [2.24, 2.45) is 0 Å². The number of hydrogen-bond acceptors (Lipinski definition) is 7. The SMILES string of the molecule is C[C@@H](C(=O)c1ccc2c(c1)OCO2)N(C)C(=O)OCCN1CCCOC1. The van der Waals surface area contributed by atoms with Gasteiger partial charge >= 0.3 is 6.09 Å². The Bertz CT molecular complexity index is 659. The van der Waals surface area contributed by atoms with E-state index in [9.17, 15) is 9.59 Å². The molecular formula is C18H24N2O6. The number of benzene rings is 1. The van der Waals surface area contributed by atoms with Gasteiger partial charge in [0, 0.05) is 32.3 Å². The number of carbonyl (C=O) groups excluding carboxylic acids is 2. The minimum Gasteiger partial charge on any atom is -0.454 e. The molecule has 0 aliphatic carbocycles. The maximum atomic E-state index is 12.6. The average molecular weight is 364 g/mol. The van der Waals surface area contributed by atoms with Crippen LogP contribution in [0.15, 0.2) is 18.2 Å². The Morgan fingerprint density at radius 2 is 2.12 bits per heavy atom. The van der Waals surface area contributed by atoms with E-state index in [0.29, 0.717) is 30.3 Å². The third-order valence-corrected chi connectivity index (χ3v) is 4.58. The molecule has 8 heteroatoms. The van der Waals surface area contributed by atoms with Crippen molar-refractivity contribution in [3.8, 4) is 11.5 Å². The molecule has 0 aromatic heterocycles. The van der Waals surface area contributed by atoms with Gasteiger partial charge in [-0.1, -0.05) is 0 Å². The van der Waals surface area contributed by atoms with Crippen molar-refractivity contribution < 1.29 is 28.5 Å². The van der Waals surface area contributed by atoms with E-state index in [0.717, 1.165) is 19.6 Å². The van der Waals surface area contributed by atoms with Crippen LogP contribution in [-0.4, -0.2) is 74.6 Å². The zero-order valence-corrected chi connectivity index (χ0v) is 15.1. The van der Waals surface area contributed by atoms with Gasteiger partial charge in [-0.2, -0.15) is 0 Å². The maximum Gasteiger partial charge on any atom is 0.410 e. The fourth-order valence-corrected chi connectivity index (χ4v) is 2.81. The molecule has 0 spiro atoms. The number of ketones is 1. The van der Waals surface area contributed by atoms with Gasteiger partial charge in [0.1, 0.15) is 6.61 Å². The molecule has 26 heavy (non-hydrogen) atoms. The highest BCUT2D eigenvalue weighted by molar-refractivity contribution is 6.01. The first-order chi connectivity index (χ1) is 12.6. The Kier molecular flexibility index (Phi) is 5.95. The lowest BCUT2D eigenvalue weighted by atomic mass is 10.0. The Labute approximate surface area is 152 Å². The smallest absolute Gasteiger partial charge is 0.410 e. The third-order valence-electron chi connectivity index (χ3n) is 4.58. The Balaban J connectivity index is 1.50. The van der Waals surface area contributed by atoms with Gasteiger partial charge in [0.2, 0.25) is 6.79 Å². The molecular weight excluding hydrogens is 340 g/mol. The standard InChI is InChI=1S/C18H24N2O6/c1-13(17(21)14-4-5-15-16(10-14)26-12-25-15)19(2)18(22)24-9-7-20-6-3-8-23-11-20/h4-5,10,13H,3,6-9,11-12H2,1-2H3/t13-/m0/s1. The highest BCUT2D eigenvalue weighted by Crippen LogP contribution is 2.32. The predicted octanol–water partition coefficient (Wildman–Crippen LogP) is 1.73. The zero-order chi connectivity index (χ0) is 18.5. The molecule has 2 aliphatic rings. The van der Waals surface area contributed by atoms with Crippen molar-refractivity contribution in [1.29, 1.82) is 0 Å². The van der Waals surface area contributed by atoms with Gasteiger partial charge < -0.3 is 23.8 Å². The largest absolute Gasteiger partial charge is 0.454 e. The van der Waals surface area contributed by atoms with E-state index in [1.807, 2.05) is 0 Å². The summed E-state index contributed by atoms with van der Waals surface area (Å²) in [7, 11) is 1.56. The van der Waals surface area contributed by atoms with Crippen LogP contribution in [0, 0.1) is 0 Å². The number of ether oxygens (including phenoxy) is 4. The first-order valence-corrected chi connectivity index (χ1v) is 8.70. The number of nitrogens with zero attached hydrogens (tertiary/aromatic N) is 2. The Hall–Kier alpha value is -2.32. The van der Waals surface area contributed by atoms with E-state index >= 15 is 0 Å². The quantitative estimate of drug-likeness (QED) is 0.712. The molecule has 1 saturated heterocycles. The molecule has 1 amide bonds. The molecule has 0 bridgehead atoms. The number of amides is 1. The van der Waals surface area contributed by atoms with Crippen LogP contribution in [-0.2, 0) is 9.47 Å². The summed E-state index contributed by atoms with van der Waals surface area (Å²) < 4.78 is 21.2. The molecule has 1 aromatic rings. The molecule has 0 saturated carbocycles. The van der Waals surface area contributed by atoms with Crippen molar-refractivity contribution in [2.45, 2.75) is 19.4 Å². The van der Waals surface area contributed by atoms with Crippen molar-refractivity contribution in [3.05, 3.63) is 23.8 Å². The highest BCUT2D eigenvalue weighted by atomic mass is 16.7. The van der Waals surface area contributed by atoms with Gasteiger partial charge in [-0.05, 0) is 31.5 Å². The molecule has 8 nitrogen and oxygen atoms in total. The lowest BCUT2D eigenvalue weighted by molar-refractivity contribution is -0.0224. The minimum absolute atomic E-state index is 0.150. The van der Waals surface area contributed by atoms with Crippen LogP contribution in [0.5, 0.6) is 11.5 Å². The second-order valence-corrected chi connectivity index (χ2v) is 6.34. The molecule has 0 unspecified atom stereocenters. The van der Waals surface area contributed by atoms with Crippen molar-refractivity contribution in [1.82, 2.24) is 9.80 Å². The van der Waals surface area contributed by atoms with Gasteiger partial charge in [-0.3, -0.25) is 9.69 Å². The number of likely N-dealkylation sites (N-methyl/N-ethyl adjacent to an activating group) is 1. The fourth-order valence-electron chi connectivity index (χ4n) is 2.81. The second-order valence-electron chi connectivity index (χ2n) is 6.34. The summed E-state index contributed by atoms with van der Waals surface area (Å²) in [5.41, 5.74) is 0.465. The number of fused-ring (bicyclic) bond motifs is 1. The Morgan fingerprint density at radius 1 is 1.31 bits per heavy atom. The van der Waals surface area contributed by atoms with Gasteiger partial charge in [0.15, 0.2) is 17.3 Å². The van der Waals surface area contributed by atoms with E-state index < -0.39 is 12.1 Å². The molecule has 142 valence electrons. The molecule has 3 rings (SSSR count). The molecule has 0 radical (unpaired) electrons. The zero-order valence-electron chi connectivity index (χ0n) is 15.1. The summed E-state index contributed by atoms with van der Waals surface area (Å²) in [6.45, 7) is 4.97. The number of carbonyl (C=O) groups is 2. The normalized spacial score (nSPS) is 17.6. The summed E-state index contributed by atoms with van der Waals surface area (Å²) in [4.78, 5) is 28.2. The van der Waals surface area contributed by atoms with Crippen LogP contribution in [0.1, 0.15) is 23.7 Å². The molecule has 2 aliphatic heterocycles. The van der Waals surface area contributed by atoms with Crippen LogP contribution in [0.2, 0.25) is 0 Å². The summed E-state index contributed by atoms with van der Waals surface area (Å²) in [6.07, 6.45) is 0.457. The fraction of sp³-hybridized carbons (Fsp3) is 0.556. The first kappa shape index (κ1) is 18.5. The van der Waals surface area contributed by atoms with E-state index in [1.54, 1.807) is 32.2 Å². The maximum absolute atomic E-state index is 12.6. The third kappa shape index (κ3) is 4.25.